The van der Waals surface area contributed by atoms with Crippen molar-refractivity contribution in [3.63, 3.8) is 0 Å². The van der Waals surface area contributed by atoms with Crippen molar-refractivity contribution in [2.45, 2.75) is 38.9 Å². The van der Waals surface area contributed by atoms with E-state index in [1.807, 2.05) is 12.1 Å². The number of fused-ring (bicyclic) bond motifs is 1. The largest absolute Gasteiger partial charge is 0.313 e. The Balaban J connectivity index is 1.78. The maximum atomic E-state index is 4.70. The Morgan fingerprint density at radius 2 is 2.26 bits per heavy atom. The Bertz CT molecular complexity index is 515. The van der Waals surface area contributed by atoms with Gasteiger partial charge in [0.25, 0.3) is 0 Å². The van der Waals surface area contributed by atoms with Crippen LogP contribution in [-0.2, 0) is 6.54 Å². The summed E-state index contributed by atoms with van der Waals surface area (Å²) in [6, 6.07) is 7.30. The molecular formula is C15H22N4. The summed E-state index contributed by atoms with van der Waals surface area (Å²) in [6.45, 7) is 7.72. The van der Waals surface area contributed by atoms with Gasteiger partial charge in [0, 0.05) is 37.6 Å². The smallest absolute Gasteiger partial charge is 0.137 e. The zero-order valence-corrected chi connectivity index (χ0v) is 11.7. The Labute approximate surface area is 114 Å². The number of imidazole rings is 1. The fourth-order valence-corrected chi connectivity index (χ4v) is 2.81. The van der Waals surface area contributed by atoms with Crippen molar-refractivity contribution >= 4 is 5.65 Å². The van der Waals surface area contributed by atoms with Crippen LogP contribution in [0, 0.1) is 0 Å². The minimum Gasteiger partial charge on any atom is -0.313 e. The number of hydrogen-bond acceptors (Lipinski definition) is 3. The zero-order valence-electron chi connectivity index (χ0n) is 11.7. The van der Waals surface area contributed by atoms with Crippen LogP contribution in [0.2, 0.25) is 0 Å². The first-order valence-corrected chi connectivity index (χ1v) is 7.12. The minimum atomic E-state index is 0.557. The summed E-state index contributed by atoms with van der Waals surface area (Å²) in [7, 11) is 0. The lowest BCUT2D eigenvalue weighted by atomic mass is 10.2. The third-order valence-corrected chi connectivity index (χ3v) is 3.97. The lowest BCUT2D eigenvalue weighted by molar-refractivity contribution is 0.197. The molecule has 0 amide bonds. The zero-order chi connectivity index (χ0) is 13.2. The quantitative estimate of drug-likeness (QED) is 0.893. The molecule has 4 nitrogen and oxygen atoms in total. The molecule has 2 atom stereocenters. The third kappa shape index (κ3) is 2.80. The molecule has 3 rings (SSSR count). The molecule has 0 aliphatic carbocycles. The first kappa shape index (κ1) is 12.6. The first-order chi connectivity index (χ1) is 9.22. The number of nitrogens with one attached hydrogen (secondary N) is 1. The van der Waals surface area contributed by atoms with E-state index in [0.29, 0.717) is 12.1 Å². The van der Waals surface area contributed by atoms with Crippen molar-refractivity contribution in [2.24, 2.45) is 0 Å². The van der Waals surface area contributed by atoms with Crippen molar-refractivity contribution in [3.05, 3.63) is 36.3 Å². The fourth-order valence-electron chi connectivity index (χ4n) is 2.81. The summed E-state index contributed by atoms with van der Waals surface area (Å²) in [5.74, 6) is 0. The van der Waals surface area contributed by atoms with E-state index in [-0.39, 0.29) is 0 Å². The predicted molar refractivity (Wildman–Crippen MR) is 77.1 cm³/mol. The van der Waals surface area contributed by atoms with Gasteiger partial charge in [-0.25, -0.2) is 4.98 Å². The van der Waals surface area contributed by atoms with E-state index in [0.717, 1.165) is 31.0 Å². The maximum Gasteiger partial charge on any atom is 0.137 e. The van der Waals surface area contributed by atoms with Crippen molar-refractivity contribution in [1.82, 2.24) is 19.6 Å². The molecule has 1 aliphatic heterocycles. The van der Waals surface area contributed by atoms with Crippen LogP contribution < -0.4 is 5.32 Å². The van der Waals surface area contributed by atoms with Gasteiger partial charge in [0.2, 0.25) is 0 Å². The molecule has 1 aliphatic rings. The molecule has 0 radical (unpaired) electrons. The normalized spacial score (nSPS) is 25.6. The molecule has 3 heterocycles. The maximum absolute atomic E-state index is 4.70. The van der Waals surface area contributed by atoms with Crippen LogP contribution in [0.3, 0.4) is 0 Å². The average Bonchev–Trinajstić information content (AvgIpc) is 2.72. The van der Waals surface area contributed by atoms with E-state index in [4.69, 9.17) is 4.98 Å². The molecule has 0 spiro atoms. The molecule has 2 aromatic rings. The molecule has 19 heavy (non-hydrogen) atoms. The topological polar surface area (TPSA) is 32.6 Å². The Morgan fingerprint density at radius 1 is 1.37 bits per heavy atom. The van der Waals surface area contributed by atoms with E-state index in [1.165, 1.54) is 6.42 Å². The molecule has 102 valence electrons. The van der Waals surface area contributed by atoms with Gasteiger partial charge < -0.3 is 9.72 Å². The van der Waals surface area contributed by atoms with E-state index in [1.54, 1.807) is 0 Å². The second kappa shape index (κ2) is 5.31. The highest BCUT2D eigenvalue weighted by molar-refractivity contribution is 5.39. The predicted octanol–water partition coefficient (Wildman–Crippen LogP) is 1.91. The van der Waals surface area contributed by atoms with Crippen LogP contribution in [0.15, 0.2) is 30.6 Å². The van der Waals surface area contributed by atoms with Gasteiger partial charge in [0.1, 0.15) is 5.65 Å². The average molecular weight is 258 g/mol. The molecule has 1 fully saturated rings. The van der Waals surface area contributed by atoms with Gasteiger partial charge >= 0.3 is 0 Å². The van der Waals surface area contributed by atoms with E-state index in [2.05, 4.69) is 46.9 Å². The fraction of sp³-hybridized carbons (Fsp3) is 0.533. The summed E-state index contributed by atoms with van der Waals surface area (Å²) in [5, 5.41) is 3.55. The minimum absolute atomic E-state index is 0.557. The highest BCUT2D eigenvalue weighted by Gasteiger charge is 2.21. The lowest BCUT2D eigenvalue weighted by Gasteiger charge is -2.27. The van der Waals surface area contributed by atoms with Gasteiger partial charge in [-0.05, 0) is 38.9 Å². The number of pyridine rings is 1. The number of hydrogen-bond donors (Lipinski definition) is 1. The van der Waals surface area contributed by atoms with Crippen LogP contribution in [0.5, 0.6) is 0 Å². The number of rotatable bonds is 2. The molecule has 4 heteroatoms. The summed E-state index contributed by atoms with van der Waals surface area (Å²) < 4.78 is 2.10. The van der Waals surface area contributed by atoms with Crippen LogP contribution in [0.25, 0.3) is 5.65 Å². The molecule has 0 saturated carbocycles. The highest BCUT2D eigenvalue weighted by atomic mass is 15.2. The van der Waals surface area contributed by atoms with Gasteiger partial charge in [-0.1, -0.05) is 6.07 Å². The summed E-state index contributed by atoms with van der Waals surface area (Å²) in [5.41, 5.74) is 2.19. The van der Waals surface area contributed by atoms with E-state index < -0.39 is 0 Å². The highest BCUT2D eigenvalue weighted by Crippen LogP contribution is 2.14. The Hall–Kier alpha value is -1.39. The molecule has 1 N–H and O–H groups in total. The molecule has 2 unspecified atom stereocenters. The van der Waals surface area contributed by atoms with Crippen LogP contribution >= 0.6 is 0 Å². The number of aromatic nitrogens is 2. The lowest BCUT2D eigenvalue weighted by Crippen LogP contribution is -2.38. The van der Waals surface area contributed by atoms with E-state index >= 15 is 0 Å². The van der Waals surface area contributed by atoms with Gasteiger partial charge in [0.05, 0.1) is 5.69 Å². The van der Waals surface area contributed by atoms with Gasteiger partial charge in [-0.3, -0.25) is 4.90 Å². The molecule has 0 bridgehead atoms. The van der Waals surface area contributed by atoms with Crippen molar-refractivity contribution < 1.29 is 0 Å². The van der Waals surface area contributed by atoms with Gasteiger partial charge in [-0.2, -0.15) is 0 Å². The SMILES string of the molecule is CC1CN(Cc2cn3ccccc3n2)C(C)CCN1. The van der Waals surface area contributed by atoms with Crippen molar-refractivity contribution in [2.75, 3.05) is 13.1 Å². The molecular weight excluding hydrogens is 236 g/mol. The van der Waals surface area contributed by atoms with Crippen LogP contribution in [0.4, 0.5) is 0 Å². The van der Waals surface area contributed by atoms with Crippen molar-refractivity contribution in [1.29, 1.82) is 0 Å². The van der Waals surface area contributed by atoms with Gasteiger partial charge in [0.15, 0.2) is 0 Å². The first-order valence-electron chi connectivity index (χ1n) is 7.12. The van der Waals surface area contributed by atoms with E-state index in [9.17, 15) is 0 Å². The van der Waals surface area contributed by atoms with Crippen LogP contribution in [0.1, 0.15) is 26.0 Å². The standard InChI is InChI=1S/C15H22N4/c1-12-9-19(13(2)6-7-16-12)11-14-10-18-8-4-3-5-15(18)17-14/h3-5,8,10,12-13,16H,6-7,9,11H2,1-2H3. The Morgan fingerprint density at radius 3 is 3.11 bits per heavy atom. The molecule has 2 aromatic heterocycles. The summed E-state index contributed by atoms with van der Waals surface area (Å²) in [6.07, 6.45) is 5.41. The third-order valence-electron chi connectivity index (χ3n) is 3.97. The second-order valence-corrected chi connectivity index (χ2v) is 5.62. The van der Waals surface area contributed by atoms with Gasteiger partial charge in [-0.15, -0.1) is 0 Å². The van der Waals surface area contributed by atoms with Crippen LogP contribution in [-0.4, -0.2) is 39.5 Å². The van der Waals surface area contributed by atoms with Crippen molar-refractivity contribution in [3.8, 4) is 0 Å². The Kier molecular flexibility index (Phi) is 3.53. The monoisotopic (exact) mass is 258 g/mol. The second-order valence-electron chi connectivity index (χ2n) is 5.62. The molecule has 1 saturated heterocycles. The molecule has 0 aromatic carbocycles. The summed E-state index contributed by atoms with van der Waals surface area (Å²) in [4.78, 5) is 7.23. The summed E-state index contributed by atoms with van der Waals surface area (Å²) >= 11 is 0. The number of nitrogens with zero attached hydrogens (tertiary/aromatic N) is 3.